The number of rotatable bonds is 12. The molecular weight excluding hydrogens is 536 g/mol. The van der Waals surface area contributed by atoms with E-state index in [1.54, 1.807) is 17.1 Å². The second-order valence-electron chi connectivity index (χ2n) is 10.8. The highest BCUT2D eigenvalue weighted by molar-refractivity contribution is 5.95. The van der Waals surface area contributed by atoms with Gasteiger partial charge in [0, 0.05) is 38.4 Å². The number of ether oxygens (including phenoxy) is 1. The monoisotopic (exact) mass is 575 g/mol. The summed E-state index contributed by atoms with van der Waals surface area (Å²) >= 11 is 0. The third kappa shape index (κ3) is 8.36. The molecule has 1 aliphatic carbocycles. The number of fused-ring (bicyclic) bond motifs is 1. The van der Waals surface area contributed by atoms with E-state index < -0.39 is 30.1 Å². The third-order valence-electron chi connectivity index (χ3n) is 7.98. The predicted octanol–water partition coefficient (Wildman–Crippen LogP) is 3.04. The summed E-state index contributed by atoms with van der Waals surface area (Å²) in [5.41, 5.74) is 1.81. The van der Waals surface area contributed by atoms with Crippen LogP contribution in [-0.4, -0.2) is 65.7 Å². The molecule has 4 amide bonds. The van der Waals surface area contributed by atoms with Gasteiger partial charge in [-0.3, -0.25) is 19.2 Å². The lowest BCUT2D eigenvalue weighted by molar-refractivity contribution is -0.142. The van der Waals surface area contributed by atoms with E-state index in [4.69, 9.17) is 4.74 Å². The van der Waals surface area contributed by atoms with Crippen molar-refractivity contribution < 1.29 is 28.7 Å². The number of ketones is 1. The van der Waals surface area contributed by atoms with Crippen LogP contribution in [0, 0.1) is 6.08 Å². The summed E-state index contributed by atoms with van der Waals surface area (Å²) < 4.78 is 5.32. The number of alkyl carbamates (subject to hydrolysis) is 1. The highest BCUT2D eigenvalue weighted by Gasteiger charge is 2.45. The molecule has 2 fully saturated rings. The summed E-state index contributed by atoms with van der Waals surface area (Å²) in [6, 6.07) is 6.72. The number of hydrogen-bond acceptors (Lipinski definition) is 6. The molecule has 0 aromatic heterocycles. The van der Waals surface area contributed by atoms with Gasteiger partial charge in [-0.2, -0.15) is 0 Å². The van der Waals surface area contributed by atoms with Crippen LogP contribution in [0.2, 0.25) is 0 Å². The molecule has 10 heteroatoms. The van der Waals surface area contributed by atoms with Crippen LogP contribution < -0.4 is 16.0 Å². The lowest BCUT2D eigenvalue weighted by Gasteiger charge is -2.31. The molecule has 2 heterocycles. The number of amides is 4. The first-order valence-electron chi connectivity index (χ1n) is 14.6. The molecule has 0 spiro atoms. The van der Waals surface area contributed by atoms with Gasteiger partial charge in [-0.25, -0.2) is 4.79 Å². The molecule has 222 valence electrons. The first kappa shape index (κ1) is 30.7. The van der Waals surface area contributed by atoms with Crippen LogP contribution >= 0.6 is 0 Å². The highest BCUT2D eigenvalue weighted by Crippen LogP contribution is 2.32. The Morgan fingerprint density at radius 1 is 1.07 bits per heavy atom. The number of benzene rings is 1. The minimum Gasteiger partial charge on any atom is -0.445 e. The molecule has 2 saturated heterocycles. The van der Waals surface area contributed by atoms with Gasteiger partial charge in [-0.05, 0) is 44.1 Å². The zero-order valence-corrected chi connectivity index (χ0v) is 24.0. The van der Waals surface area contributed by atoms with Crippen LogP contribution in [0.25, 0.3) is 0 Å². The Morgan fingerprint density at radius 3 is 2.62 bits per heavy atom. The maximum Gasteiger partial charge on any atom is 0.408 e. The van der Waals surface area contributed by atoms with Gasteiger partial charge in [0.05, 0.1) is 23.8 Å². The molecule has 0 bridgehead atoms. The average Bonchev–Trinajstić information content (AvgIpc) is 3.38. The summed E-state index contributed by atoms with van der Waals surface area (Å²) in [5, 5.41) is 8.11. The van der Waals surface area contributed by atoms with Gasteiger partial charge in [0.15, 0.2) is 5.78 Å². The fraction of sp³-hybridized carbons (Fsp3) is 0.469. The van der Waals surface area contributed by atoms with Crippen LogP contribution in [-0.2, 0) is 30.5 Å². The van der Waals surface area contributed by atoms with Crippen LogP contribution in [0.4, 0.5) is 4.79 Å². The smallest absolute Gasteiger partial charge is 0.408 e. The van der Waals surface area contributed by atoms with Crippen molar-refractivity contribution in [3.63, 3.8) is 0 Å². The SMILES string of the molecule is CNC(=O)CC[C@H](NC(=O)[C@@H]1CCC2CCC[C@H](NC(=O)OCc3ccccc3)C(=O)N21)C(=O)CCC1=CC=[C+]C=C1. The molecule has 10 nitrogen and oxygen atoms in total. The second kappa shape index (κ2) is 15.1. The molecule has 4 atom stereocenters. The number of carbonyl (C=O) groups excluding carboxylic acids is 5. The first-order valence-corrected chi connectivity index (χ1v) is 14.6. The van der Waals surface area contributed by atoms with Crippen LogP contribution in [0.15, 0.2) is 60.2 Å². The van der Waals surface area contributed by atoms with Crippen molar-refractivity contribution in [2.24, 2.45) is 0 Å². The molecule has 3 aliphatic rings. The van der Waals surface area contributed by atoms with Crippen LogP contribution in [0.3, 0.4) is 0 Å². The largest absolute Gasteiger partial charge is 0.445 e. The number of Topliss-reactive ketones (excluding diaryl/α,β-unsaturated/α-hetero) is 1. The second-order valence-corrected chi connectivity index (χ2v) is 10.8. The Balaban J connectivity index is 1.38. The summed E-state index contributed by atoms with van der Waals surface area (Å²) in [4.78, 5) is 66.5. The fourth-order valence-corrected chi connectivity index (χ4v) is 5.67. The van der Waals surface area contributed by atoms with E-state index in [9.17, 15) is 24.0 Å². The number of nitrogens with one attached hydrogen (secondary N) is 3. The van der Waals surface area contributed by atoms with E-state index in [2.05, 4.69) is 22.0 Å². The Hall–Kier alpha value is -4.30. The number of nitrogens with zero attached hydrogens (tertiary/aromatic N) is 1. The van der Waals surface area contributed by atoms with Crippen molar-refractivity contribution in [2.45, 2.75) is 88.6 Å². The minimum atomic E-state index is -0.854. The molecule has 0 radical (unpaired) electrons. The van der Waals surface area contributed by atoms with Gasteiger partial charge in [0.1, 0.15) is 30.8 Å². The normalized spacial score (nSPS) is 21.7. The van der Waals surface area contributed by atoms with Crippen molar-refractivity contribution in [3.8, 4) is 0 Å². The number of hydrogen-bond donors (Lipinski definition) is 3. The van der Waals surface area contributed by atoms with Crippen molar-refractivity contribution in [2.75, 3.05) is 7.05 Å². The topological polar surface area (TPSA) is 134 Å². The molecule has 4 rings (SSSR count). The predicted molar refractivity (Wildman–Crippen MR) is 156 cm³/mol. The molecule has 0 saturated carbocycles. The Kier molecular flexibility index (Phi) is 11.0. The Morgan fingerprint density at radius 2 is 1.88 bits per heavy atom. The highest BCUT2D eigenvalue weighted by atomic mass is 16.5. The van der Waals surface area contributed by atoms with Gasteiger partial charge in [0.2, 0.25) is 17.7 Å². The molecule has 42 heavy (non-hydrogen) atoms. The van der Waals surface area contributed by atoms with Gasteiger partial charge in [-0.15, -0.1) is 0 Å². The van der Waals surface area contributed by atoms with E-state index in [-0.39, 0.29) is 49.5 Å². The van der Waals surface area contributed by atoms with Gasteiger partial charge < -0.3 is 25.6 Å². The Bertz CT molecular complexity index is 1240. The minimum absolute atomic E-state index is 0.0825. The van der Waals surface area contributed by atoms with E-state index >= 15 is 0 Å². The summed E-state index contributed by atoms with van der Waals surface area (Å²) in [6.45, 7) is 0.0825. The molecule has 2 aliphatic heterocycles. The average molecular weight is 576 g/mol. The third-order valence-corrected chi connectivity index (χ3v) is 7.98. The number of allylic oxidation sites excluding steroid dienone is 6. The maximum absolute atomic E-state index is 13.6. The molecule has 1 aromatic carbocycles. The fourth-order valence-electron chi connectivity index (χ4n) is 5.67. The van der Waals surface area contributed by atoms with Crippen LogP contribution in [0.1, 0.15) is 63.4 Å². The van der Waals surface area contributed by atoms with E-state index in [0.29, 0.717) is 25.7 Å². The van der Waals surface area contributed by atoms with Crippen molar-refractivity contribution in [1.82, 2.24) is 20.9 Å². The van der Waals surface area contributed by atoms with E-state index in [1.807, 2.05) is 42.5 Å². The Labute approximate surface area is 246 Å². The van der Waals surface area contributed by atoms with E-state index in [1.165, 1.54) is 7.05 Å². The zero-order chi connectivity index (χ0) is 29.9. The van der Waals surface area contributed by atoms with Crippen LogP contribution in [0.5, 0.6) is 0 Å². The number of carbonyl (C=O) groups is 5. The van der Waals surface area contributed by atoms with Crippen molar-refractivity contribution >= 4 is 29.6 Å². The summed E-state index contributed by atoms with van der Waals surface area (Å²) in [5.74, 6) is -1.13. The van der Waals surface area contributed by atoms with Crippen molar-refractivity contribution in [3.05, 3.63) is 71.8 Å². The maximum atomic E-state index is 13.6. The van der Waals surface area contributed by atoms with E-state index in [0.717, 1.165) is 24.0 Å². The molecular formula is C32H39N4O6+. The standard InChI is InChI=1S/C32H38N4O6/c1-33-29(38)20-17-25(28(37)19-15-22-9-4-2-5-10-22)34-30(39)27-18-16-24-13-8-14-26(31(40)36(24)27)35-32(41)42-21-23-11-6-3-7-12-23/h3-7,9-12,24-27H,8,13-21H2,1H3,(H2-,33,34,35,38,39,41)/p+1/t24?,25-,26-,27-/m0/s1. The molecule has 1 unspecified atom stereocenters. The first-order chi connectivity index (χ1) is 20.4. The molecule has 1 aromatic rings. The summed E-state index contributed by atoms with van der Waals surface area (Å²) in [7, 11) is 1.52. The summed E-state index contributed by atoms with van der Waals surface area (Å²) in [6.07, 6.45) is 13.6. The van der Waals surface area contributed by atoms with Crippen molar-refractivity contribution in [1.29, 1.82) is 0 Å². The lowest BCUT2D eigenvalue weighted by Crippen LogP contribution is -2.56. The molecule has 3 N–H and O–H groups in total. The quantitative estimate of drug-likeness (QED) is 0.328. The zero-order valence-electron chi connectivity index (χ0n) is 24.0. The van der Waals surface area contributed by atoms with Gasteiger partial charge in [-0.1, -0.05) is 30.3 Å². The van der Waals surface area contributed by atoms with Gasteiger partial charge in [0.25, 0.3) is 0 Å². The van der Waals surface area contributed by atoms with Gasteiger partial charge >= 0.3 is 6.09 Å². The lowest BCUT2D eigenvalue weighted by atomic mass is 9.98.